The van der Waals surface area contributed by atoms with Gasteiger partial charge in [-0.3, -0.25) is 9.89 Å². The van der Waals surface area contributed by atoms with E-state index in [0.717, 1.165) is 55.6 Å². The van der Waals surface area contributed by atoms with Crippen molar-refractivity contribution in [1.29, 1.82) is 0 Å². The molecule has 0 radical (unpaired) electrons. The Labute approximate surface area is 223 Å². The number of hydrogen-bond acceptors (Lipinski definition) is 5. The molecule has 0 unspecified atom stereocenters. The lowest BCUT2D eigenvalue weighted by atomic mass is 10.1. The van der Waals surface area contributed by atoms with Crippen molar-refractivity contribution >= 4 is 34.8 Å². The Morgan fingerprint density at radius 1 is 0.846 bits per heavy atom. The Kier molecular flexibility index (Phi) is 7.50. The molecule has 4 N–H and O–H groups in total. The molecule has 1 aliphatic heterocycles. The number of urea groups is 1. The number of rotatable bonds is 6. The molecule has 5 rings (SSSR count). The highest BCUT2D eigenvalue weighted by Crippen LogP contribution is 2.23. The summed E-state index contributed by atoms with van der Waals surface area (Å²) < 4.78 is 27.0. The van der Waals surface area contributed by atoms with Gasteiger partial charge in [-0.1, -0.05) is 12.1 Å². The molecule has 0 spiro atoms. The Hall–Kier alpha value is -4.77. The number of amides is 3. The van der Waals surface area contributed by atoms with Gasteiger partial charge in [0.2, 0.25) is 0 Å². The second-order valence-corrected chi connectivity index (χ2v) is 9.24. The quantitative estimate of drug-likeness (QED) is 0.280. The first-order chi connectivity index (χ1) is 18.8. The predicted octanol–water partition coefficient (Wildman–Crippen LogP) is 5.00. The molecule has 4 aromatic rings. The van der Waals surface area contributed by atoms with Crippen molar-refractivity contribution in [3.63, 3.8) is 0 Å². The van der Waals surface area contributed by atoms with Gasteiger partial charge in [0.15, 0.2) is 5.82 Å². The summed E-state index contributed by atoms with van der Waals surface area (Å²) in [7, 11) is 2.11. The lowest BCUT2D eigenvalue weighted by molar-refractivity contribution is 0.102. The van der Waals surface area contributed by atoms with Crippen molar-refractivity contribution in [2.75, 3.05) is 54.1 Å². The summed E-state index contributed by atoms with van der Waals surface area (Å²) in [6.07, 6.45) is 0. The van der Waals surface area contributed by atoms with Crippen molar-refractivity contribution in [1.82, 2.24) is 15.1 Å². The number of aromatic amines is 1. The Morgan fingerprint density at radius 3 is 2.28 bits per heavy atom. The summed E-state index contributed by atoms with van der Waals surface area (Å²) in [5.74, 6) is -1.30. The van der Waals surface area contributed by atoms with Gasteiger partial charge in [0, 0.05) is 55.2 Å². The van der Waals surface area contributed by atoms with Crippen LogP contribution in [0.5, 0.6) is 0 Å². The maximum Gasteiger partial charge on any atom is 0.323 e. The number of piperazine rings is 1. The average Bonchev–Trinajstić information content (AvgIpc) is 3.40. The second-order valence-electron chi connectivity index (χ2n) is 9.24. The number of hydrogen-bond donors (Lipinski definition) is 4. The largest absolute Gasteiger partial charge is 0.369 e. The summed E-state index contributed by atoms with van der Waals surface area (Å²) in [6.45, 7) is 3.93. The highest BCUT2D eigenvalue weighted by molar-refractivity contribution is 6.04. The van der Waals surface area contributed by atoms with Gasteiger partial charge in [0.05, 0.1) is 11.4 Å². The van der Waals surface area contributed by atoms with Crippen molar-refractivity contribution in [3.8, 4) is 11.3 Å². The summed E-state index contributed by atoms with van der Waals surface area (Å²) in [6, 6.07) is 18.1. The summed E-state index contributed by atoms with van der Waals surface area (Å²) in [4.78, 5) is 29.5. The van der Waals surface area contributed by atoms with Gasteiger partial charge >= 0.3 is 6.03 Å². The molecule has 1 fully saturated rings. The molecule has 1 aromatic heterocycles. The maximum atomic E-state index is 13.7. The minimum atomic E-state index is -0.744. The molecule has 11 heteroatoms. The number of nitrogens with zero attached hydrogens (tertiary/aromatic N) is 3. The van der Waals surface area contributed by atoms with E-state index in [0.29, 0.717) is 22.8 Å². The maximum absolute atomic E-state index is 13.7. The second kappa shape index (κ2) is 11.3. The van der Waals surface area contributed by atoms with E-state index >= 15 is 0 Å². The van der Waals surface area contributed by atoms with Gasteiger partial charge in [-0.25, -0.2) is 13.6 Å². The smallest absolute Gasteiger partial charge is 0.323 e. The topological polar surface area (TPSA) is 105 Å². The van der Waals surface area contributed by atoms with Crippen LogP contribution in [0.25, 0.3) is 11.3 Å². The van der Waals surface area contributed by atoms with Gasteiger partial charge in [-0.05, 0) is 61.1 Å². The molecular weight excluding hydrogens is 504 g/mol. The van der Waals surface area contributed by atoms with Crippen molar-refractivity contribution < 1.29 is 18.4 Å². The van der Waals surface area contributed by atoms with Gasteiger partial charge in [0.1, 0.15) is 11.6 Å². The van der Waals surface area contributed by atoms with E-state index in [1.165, 1.54) is 0 Å². The van der Waals surface area contributed by atoms with Crippen LogP contribution in [0.4, 0.5) is 36.5 Å². The van der Waals surface area contributed by atoms with Crippen molar-refractivity contribution in [2.45, 2.75) is 0 Å². The third kappa shape index (κ3) is 6.39. The molecule has 1 saturated heterocycles. The molecule has 200 valence electrons. The fourth-order valence-electron chi connectivity index (χ4n) is 4.22. The number of anilines is 4. The number of H-pyrrole nitrogens is 1. The van der Waals surface area contributed by atoms with E-state index in [2.05, 4.69) is 43.0 Å². The molecule has 9 nitrogen and oxygen atoms in total. The Morgan fingerprint density at radius 2 is 1.56 bits per heavy atom. The Bertz CT molecular complexity index is 1460. The van der Waals surface area contributed by atoms with Crippen LogP contribution in [0.2, 0.25) is 0 Å². The number of carbonyl (C=O) groups excluding carboxylic acids is 2. The summed E-state index contributed by atoms with van der Waals surface area (Å²) in [5, 5.41) is 14.7. The predicted molar refractivity (Wildman–Crippen MR) is 147 cm³/mol. The third-order valence-corrected chi connectivity index (χ3v) is 6.45. The number of nitrogens with one attached hydrogen (secondary N) is 4. The number of likely N-dealkylation sites (N-methyl/N-ethyl adjacent to an activating group) is 1. The number of halogens is 2. The van der Waals surface area contributed by atoms with E-state index in [1.807, 2.05) is 12.1 Å². The third-order valence-electron chi connectivity index (χ3n) is 6.45. The van der Waals surface area contributed by atoms with Gasteiger partial charge in [0.25, 0.3) is 5.91 Å². The molecule has 3 aromatic carbocycles. The molecule has 2 heterocycles. The van der Waals surface area contributed by atoms with Crippen LogP contribution >= 0.6 is 0 Å². The summed E-state index contributed by atoms with van der Waals surface area (Å²) >= 11 is 0. The lowest BCUT2D eigenvalue weighted by Crippen LogP contribution is -2.44. The van der Waals surface area contributed by atoms with Crippen LogP contribution in [0.3, 0.4) is 0 Å². The van der Waals surface area contributed by atoms with Crippen LogP contribution in [0.15, 0.2) is 72.8 Å². The van der Waals surface area contributed by atoms with Crippen LogP contribution in [0.1, 0.15) is 10.4 Å². The van der Waals surface area contributed by atoms with Gasteiger partial charge in [-0.2, -0.15) is 5.10 Å². The zero-order valence-corrected chi connectivity index (χ0v) is 21.2. The molecule has 0 saturated carbocycles. The molecule has 0 bridgehead atoms. The van der Waals surface area contributed by atoms with E-state index in [1.54, 1.807) is 42.5 Å². The van der Waals surface area contributed by atoms with Crippen molar-refractivity contribution in [3.05, 3.63) is 90.0 Å². The number of benzene rings is 3. The Balaban J connectivity index is 1.16. The fraction of sp³-hybridized carbons (Fsp3) is 0.179. The van der Waals surface area contributed by atoms with Crippen LogP contribution < -0.4 is 20.9 Å². The first-order valence-corrected chi connectivity index (χ1v) is 12.4. The average molecular weight is 532 g/mol. The van der Waals surface area contributed by atoms with E-state index in [-0.39, 0.29) is 11.6 Å². The fourth-order valence-corrected chi connectivity index (χ4v) is 4.22. The summed E-state index contributed by atoms with van der Waals surface area (Å²) in [5.41, 5.74) is 3.24. The normalized spacial score (nSPS) is 13.7. The van der Waals surface area contributed by atoms with Gasteiger partial charge < -0.3 is 25.8 Å². The highest BCUT2D eigenvalue weighted by atomic mass is 19.1. The first-order valence-electron chi connectivity index (χ1n) is 12.4. The van der Waals surface area contributed by atoms with Crippen LogP contribution in [0, 0.1) is 11.6 Å². The van der Waals surface area contributed by atoms with Crippen LogP contribution in [-0.4, -0.2) is 60.3 Å². The zero-order valence-electron chi connectivity index (χ0n) is 21.2. The molecule has 1 aliphatic rings. The number of carbonyl (C=O) groups is 2. The SMILES string of the molecule is CN1CCN(c2ccc(C(=O)Nc3cc(-c4ccc(NC(=O)Nc5cc(F)ccc5F)cc4)[nH]n3)cc2)CC1. The molecule has 0 atom stereocenters. The molecule has 3 amide bonds. The van der Waals surface area contributed by atoms with Crippen LogP contribution in [-0.2, 0) is 0 Å². The monoisotopic (exact) mass is 531 g/mol. The molecule has 39 heavy (non-hydrogen) atoms. The van der Waals surface area contributed by atoms with E-state index in [4.69, 9.17) is 0 Å². The minimum absolute atomic E-state index is 0.262. The van der Waals surface area contributed by atoms with E-state index in [9.17, 15) is 18.4 Å². The number of aromatic nitrogens is 2. The molecular formula is C28H27F2N7O2. The van der Waals surface area contributed by atoms with Gasteiger partial charge in [-0.15, -0.1) is 0 Å². The minimum Gasteiger partial charge on any atom is -0.369 e. The standard InChI is InChI=1S/C28H27F2N7O2/c1-36-12-14-37(15-13-36)22-9-4-19(5-10-22)27(38)33-26-17-24(34-35-26)18-2-7-21(8-3-18)31-28(39)32-25-16-20(29)6-11-23(25)30/h2-11,16-17H,12-15H2,1H3,(H2,31,32,39)(H2,33,34,35,38). The van der Waals surface area contributed by atoms with E-state index < -0.39 is 17.7 Å². The highest BCUT2D eigenvalue weighted by Gasteiger charge is 2.16. The van der Waals surface area contributed by atoms with Crippen molar-refractivity contribution in [2.24, 2.45) is 0 Å². The first kappa shape index (κ1) is 25.9. The zero-order chi connectivity index (χ0) is 27.4. The molecule has 0 aliphatic carbocycles. The lowest BCUT2D eigenvalue weighted by Gasteiger charge is -2.34.